The molecule has 1 aliphatic rings. The van der Waals surface area contributed by atoms with Gasteiger partial charge in [0.15, 0.2) is 0 Å². The fraction of sp³-hybridized carbons (Fsp3) is 0.600. The van der Waals surface area contributed by atoms with Crippen LogP contribution in [0.1, 0.15) is 37.9 Å². The Morgan fingerprint density at radius 1 is 1.47 bits per heavy atom. The van der Waals surface area contributed by atoms with Crippen molar-refractivity contribution >= 4 is 11.8 Å². The van der Waals surface area contributed by atoms with Crippen molar-refractivity contribution in [2.75, 3.05) is 13.7 Å². The van der Waals surface area contributed by atoms with E-state index in [1.807, 2.05) is 11.8 Å². The van der Waals surface area contributed by atoms with Gasteiger partial charge in [-0.3, -0.25) is 0 Å². The molecule has 2 nitrogen and oxygen atoms in total. The van der Waals surface area contributed by atoms with E-state index in [0.717, 1.165) is 29.2 Å². The first-order chi connectivity index (χ1) is 9.10. The third-order valence-corrected chi connectivity index (χ3v) is 5.28. The van der Waals surface area contributed by atoms with E-state index in [-0.39, 0.29) is 11.9 Å². The van der Waals surface area contributed by atoms with Crippen LogP contribution in [0.5, 0.6) is 5.75 Å². The van der Waals surface area contributed by atoms with Crippen LogP contribution in [-0.4, -0.2) is 18.9 Å². The van der Waals surface area contributed by atoms with Gasteiger partial charge in [-0.25, -0.2) is 4.39 Å². The molecule has 1 heterocycles. The molecule has 0 aliphatic carbocycles. The van der Waals surface area contributed by atoms with Gasteiger partial charge < -0.3 is 10.1 Å². The summed E-state index contributed by atoms with van der Waals surface area (Å²) >= 11 is 1.89. The number of halogens is 1. The predicted octanol–water partition coefficient (Wildman–Crippen LogP) is 3.76. The van der Waals surface area contributed by atoms with E-state index < -0.39 is 0 Å². The number of hydrogen-bond acceptors (Lipinski definition) is 3. The molecule has 0 amide bonds. The Hall–Kier alpha value is -0.740. The van der Waals surface area contributed by atoms with Crippen LogP contribution in [-0.2, 0) is 5.75 Å². The Balaban J connectivity index is 2.49. The lowest BCUT2D eigenvalue weighted by Crippen LogP contribution is -2.37. The molecular weight excluding hydrogens is 261 g/mol. The minimum Gasteiger partial charge on any atom is -0.496 e. The molecule has 19 heavy (non-hydrogen) atoms. The highest BCUT2D eigenvalue weighted by Crippen LogP contribution is 2.45. The first kappa shape index (κ1) is 14.7. The van der Waals surface area contributed by atoms with Gasteiger partial charge in [-0.15, -0.1) is 0 Å². The number of thioether (sulfide) groups is 1. The average molecular weight is 283 g/mol. The van der Waals surface area contributed by atoms with Gasteiger partial charge in [0.2, 0.25) is 0 Å². The quantitative estimate of drug-likeness (QED) is 0.909. The topological polar surface area (TPSA) is 21.3 Å². The van der Waals surface area contributed by atoms with Gasteiger partial charge in [0.1, 0.15) is 11.6 Å². The van der Waals surface area contributed by atoms with Crippen molar-refractivity contribution in [2.24, 2.45) is 5.92 Å². The van der Waals surface area contributed by atoms with Crippen LogP contribution in [0.25, 0.3) is 0 Å². The van der Waals surface area contributed by atoms with E-state index in [1.165, 1.54) is 6.07 Å². The molecule has 2 unspecified atom stereocenters. The van der Waals surface area contributed by atoms with Gasteiger partial charge in [0, 0.05) is 28.2 Å². The fourth-order valence-corrected chi connectivity index (χ4v) is 4.21. The summed E-state index contributed by atoms with van der Waals surface area (Å²) in [6, 6.07) is 3.32. The Morgan fingerprint density at radius 3 is 2.79 bits per heavy atom. The summed E-state index contributed by atoms with van der Waals surface area (Å²) in [5.74, 6) is 2.01. The molecule has 1 aromatic rings. The van der Waals surface area contributed by atoms with Crippen LogP contribution in [0, 0.1) is 11.7 Å². The number of fused-ring (bicyclic) bond motifs is 1. The smallest absolute Gasteiger partial charge is 0.128 e. The summed E-state index contributed by atoms with van der Waals surface area (Å²) in [6.45, 7) is 7.30. The van der Waals surface area contributed by atoms with Gasteiger partial charge in [-0.1, -0.05) is 20.8 Å². The highest BCUT2D eigenvalue weighted by Gasteiger charge is 2.35. The Labute approximate surface area is 119 Å². The van der Waals surface area contributed by atoms with Crippen molar-refractivity contribution in [1.82, 2.24) is 5.32 Å². The van der Waals surface area contributed by atoms with Crippen LogP contribution in [0.2, 0.25) is 0 Å². The fourth-order valence-electron chi connectivity index (χ4n) is 2.75. The number of benzene rings is 1. The van der Waals surface area contributed by atoms with Gasteiger partial charge in [0.25, 0.3) is 0 Å². The molecule has 0 bridgehead atoms. The van der Waals surface area contributed by atoms with E-state index in [4.69, 9.17) is 4.74 Å². The van der Waals surface area contributed by atoms with Gasteiger partial charge >= 0.3 is 0 Å². The zero-order valence-electron chi connectivity index (χ0n) is 12.0. The molecular formula is C15H22FNOS. The van der Waals surface area contributed by atoms with E-state index in [9.17, 15) is 4.39 Å². The Bertz CT molecular complexity index is 450. The van der Waals surface area contributed by atoms with Gasteiger partial charge in [-0.05, 0) is 24.6 Å². The third kappa shape index (κ3) is 2.75. The zero-order valence-corrected chi connectivity index (χ0v) is 12.8. The number of rotatable bonds is 4. The van der Waals surface area contributed by atoms with E-state index in [1.54, 1.807) is 13.2 Å². The van der Waals surface area contributed by atoms with Crippen molar-refractivity contribution in [3.8, 4) is 5.75 Å². The molecule has 0 saturated carbocycles. The number of nitrogens with one attached hydrogen (secondary N) is 1. The summed E-state index contributed by atoms with van der Waals surface area (Å²) in [5, 5.41) is 3.85. The molecule has 0 spiro atoms. The lowest BCUT2D eigenvalue weighted by atomic mass is 9.91. The Morgan fingerprint density at radius 2 is 2.21 bits per heavy atom. The molecule has 1 N–H and O–H groups in total. The summed E-state index contributed by atoms with van der Waals surface area (Å²) in [6.07, 6.45) is 0. The first-order valence-electron chi connectivity index (χ1n) is 6.80. The van der Waals surface area contributed by atoms with Crippen LogP contribution >= 0.6 is 11.8 Å². The summed E-state index contributed by atoms with van der Waals surface area (Å²) in [4.78, 5) is 0. The lowest BCUT2D eigenvalue weighted by molar-refractivity contribution is 0.396. The molecule has 2 rings (SSSR count). The number of hydrogen-bond donors (Lipinski definition) is 1. The molecule has 0 saturated heterocycles. The van der Waals surface area contributed by atoms with Crippen LogP contribution in [0.4, 0.5) is 4.39 Å². The maximum absolute atomic E-state index is 14.3. The zero-order chi connectivity index (χ0) is 14.0. The standard InChI is InChI=1S/C15H22FNOS/c1-5-17-14-13-10(8-19-15(14)9(2)3)12(18-4)7-6-11(13)16/h6-7,9,14-15,17H,5,8H2,1-4H3. The predicted molar refractivity (Wildman–Crippen MR) is 79.3 cm³/mol. The maximum atomic E-state index is 14.3. The van der Waals surface area contributed by atoms with Gasteiger partial charge in [-0.2, -0.15) is 11.8 Å². The average Bonchev–Trinajstić information content (AvgIpc) is 2.39. The second-order valence-electron chi connectivity index (χ2n) is 5.20. The summed E-state index contributed by atoms with van der Waals surface area (Å²) in [7, 11) is 1.65. The highest BCUT2D eigenvalue weighted by atomic mass is 32.2. The maximum Gasteiger partial charge on any atom is 0.128 e. The molecule has 4 heteroatoms. The Kier molecular flexibility index (Phi) is 4.74. The molecule has 0 radical (unpaired) electrons. The normalized spacial score (nSPS) is 22.4. The highest BCUT2D eigenvalue weighted by molar-refractivity contribution is 7.99. The van der Waals surface area contributed by atoms with E-state index >= 15 is 0 Å². The van der Waals surface area contributed by atoms with Gasteiger partial charge in [0.05, 0.1) is 7.11 Å². The summed E-state index contributed by atoms with van der Waals surface area (Å²) < 4.78 is 19.7. The molecule has 106 valence electrons. The van der Waals surface area contributed by atoms with Crippen molar-refractivity contribution in [2.45, 2.75) is 37.8 Å². The van der Waals surface area contributed by atoms with Crippen molar-refractivity contribution in [1.29, 1.82) is 0 Å². The lowest BCUT2D eigenvalue weighted by Gasteiger charge is -2.36. The van der Waals surface area contributed by atoms with Crippen LogP contribution < -0.4 is 10.1 Å². The van der Waals surface area contributed by atoms with E-state index in [0.29, 0.717) is 11.2 Å². The van der Waals surface area contributed by atoms with Crippen molar-refractivity contribution in [3.63, 3.8) is 0 Å². The summed E-state index contributed by atoms with van der Waals surface area (Å²) in [5.41, 5.74) is 1.81. The van der Waals surface area contributed by atoms with E-state index in [2.05, 4.69) is 26.1 Å². The molecule has 0 aromatic heterocycles. The molecule has 1 aromatic carbocycles. The first-order valence-corrected chi connectivity index (χ1v) is 7.85. The minimum atomic E-state index is -0.118. The SMILES string of the molecule is CCNC1c2c(F)ccc(OC)c2CSC1C(C)C. The largest absolute Gasteiger partial charge is 0.496 e. The molecule has 0 fully saturated rings. The van der Waals surface area contributed by atoms with Crippen LogP contribution in [0.15, 0.2) is 12.1 Å². The number of ether oxygens (including phenoxy) is 1. The van der Waals surface area contributed by atoms with Crippen molar-refractivity contribution < 1.29 is 9.13 Å². The third-order valence-electron chi connectivity index (χ3n) is 3.62. The molecule has 1 aliphatic heterocycles. The minimum absolute atomic E-state index is 0.0637. The van der Waals surface area contributed by atoms with Crippen molar-refractivity contribution in [3.05, 3.63) is 29.1 Å². The second-order valence-corrected chi connectivity index (χ2v) is 6.36. The number of methoxy groups -OCH3 is 1. The second kappa shape index (κ2) is 6.14. The van der Waals surface area contributed by atoms with Crippen LogP contribution in [0.3, 0.4) is 0 Å². The monoisotopic (exact) mass is 283 g/mol. The molecule has 2 atom stereocenters.